The second-order valence-electron chi connectivity index (χ2n) is 7.15. The molecule has 0 amide bonds. The zero-order valence-corrected chi connectivity index (χ0v) is 15.9. The van der Waals surface area contributed by atoms with Gasteiger partial charge in [0.2, 0.25) is 0 Å². The van der Waals surface area contributed by atoms with Gasteiger partial charge in [0.05, 0.1) is 24.9 Å². The van der Waals surface area contributed by atoms with Gasteiger partial charge < -0.3 is 18.9 Å². The standard InChI is InChI=1S/C19H36O4/c1-7-16-17(23-19(10-4,11-5)22-16)14(6)12-15-13-20-18(8-2,9-3)21-15/h14-17H,7-13H2,1-6H3. The molecule has 23 heavy (non-hydrogen) atoms. The third kappa shape index (κ3) is 3.92. The van der Waals surface area contributed by atoms with Crippen molar-refractivity contribution in [3.05, 3.63) is 0 Å². The molecule has 4 unspecified atom stereocenters. The summed E-state index contributed by atoms with van der Waals surface area (Å²) in [6, 6.07) is 0. The molecule has 0 aromatic rings. The molecule has 0 aromatic carbocycles. The Kier molecular flexibility index (Phi) is 6.51. The maximum absolute atomic E-state index is 6.41. The van der Waals surface area contributed by atoms with Crippen LogP contribution in [0.2, 0.25) is 0 Å². The second-order valence-corrected chi connectivity index (χ2v) is 7.15. The Labute approximate surface area is 142 Å². The van der Waals surface area contributed by atoms with Crippen LogP contribution in [0.3, 0.4) is 0 Å². The van der Waals surface area contributed by atoms with E-state index in [1.54, 1.807) is 0 Å². The smallest absolute Gasteiger partial charge is 0.168 e. The summed E-state index contributed by atoms with van der Waals surface area (Å²) < 4.78 is 24.9. The van der Waals surface area contributed by atoms with Crippen LogP contribution in [0.1, 0.15) is 80.1 Å². The third-order valence-electron chi connectivity index (χ3n) is 5.75. The van der Waals surface area contributed by atoms with Crippen molar-refractivity contribution in [3.63, 3.8) is 0 Å². The monoisotopic (exact) mass is 328 g/mol. The Morgan fingerprint density at radius 3 is 1.96 bits per heavy atom. The minimum atomic E-state index is -0.386. The van der Waals surface area contributed by atoms with E-state index in [1.165, 1.54) is 0 Å². The lowest BCUT2D eigenvalue weighted by Crippen LogP contribution is -2.34. The largest absolute Gasteiger partial charge is 0.347 e. The van der Waals surface area contributed by atoms with E-state index < -0.39 is 0 Å². The quantitative estimate of drug-likeness (QED) is 0.649. The highest BCUT2D eigenvalue weighted by Crippen LogP contribution is 2.41. The molecule has 4 nitrogen and oxygen atoms in total. The van der Waals surface area contributed by atoms with Crippen LogP contribution < -0.4 is 0 Å². The van der Waals surface area contributed by atoms with Crippen LogP contribution in [0.25, 0.3) is 0 Å². The second kappa shape index (κ2) is 7.81. The topological polar surface area (TPSA) is 36.9 Å². The Hall–Kier alpha value is -0.160. The van der Waals surface area contributed by atoms with Crippen LogP contribution in [0.4, 0.5) is 0 Å². The Morgan fingerprint density at radius 1 is 0.870 bits per heavy atom. The van der Waals surface area contributed by atoms with Crippen LogP contribution in [0, 0.1) is 5.92 Å². The highest BCUT2D eigenvalue weighted by atomic mass is 16.8. The van der Waals surface area contributed by atoms with Gasteiger partial charge >= 0.3 is 0 Å². The third-order valence-corrected chi connectivity index (χ3v) is 5.75. The molecule has 4 atom stereocenters. The summed E-state index contributed by atoms with van der Waals surface area (Å²) in [4.78, 5) is 0. The van der Waals surface area contributed by atoms with Gasteiger partial charge in [-0.1, -0.05) is 41.5 Å². The lowest BCUT2D eigenvalue weighted by molar-refractivity contribution is -0.186. The molecule has 2 heterocycles. The zero-order chi connectivity index (χ0) is 17.1. The van der Waals surface area contributed by atoms with Gasteiger partial charge in [-0.3, -0.25) is 0 Å². The van der Waals surface area contributed by atoms with Gasteiger partial charge in [0.25, 0.3) is 0 Å². The summed E-state index contributed by atoms with van der Waals surface area (Å²) >= 11 is 0. The molecular formula is C19H36O4. The maximum atomic E-state index is 6.41. The average Bonchev–Trinajstić information content (AvgIpc) is 3.17. The highest BCUT2D eigenvalue weighted by molar-refractivity contribution is 4.89. The lowest BCUT2D eigenvalue weighted by atomic mass is 9.93. The highest BCUT2D eigenvalue weighted by Gasteiger charge is 2.47. The predicted octanol–water partition coefficient (Wildman–Crippen LogP) is 4.65. The first kappa shape index (κ1) is 19.2. The lowest BCUT2D eigenvalue weighted by Gasteiger charge is -2.28. The molecule has 4 heteroatoms. The number of ether oxygens (including phenoxy) is 4. The molecule has 136 valence electrons. The Bertz CT molecular complexity index is 362. The van der Waals surface area contributed by atoms with Gasteiger partial charge in [-0.15, -0.1) is 0 Å². The van der Waals surface area contributed by atoms with Gasteiger partial charge in [-0.25, -0.2) is 0 Å². The molecule has 0 radical (unpaired) electrons. The van der Waals surface area contributed by atoms with E-state index in [9.17, 15) is 0 Å². The fourth-order valence-electron chi connectivity index (χ4n) is 3.98. The summed E-state index contributed by atoms with van der Waals surface area (Å²) in [6.45, 7) is 13.7. The van der Waals surface area contributed by atoms with Gasteiger partial charge in [-0.05, 0) is 44.4 Å². The fraction of sp³-hybridized carbons (Fsp3) is 1.00. The molecule has 2 rings (SSSR count). The van der Waals surface area contributed by atoms with Crippen molar-refractivity contribution in [2.24, 2.45) is 5.92 Å². The average molecular weight is 328 g/mol. The van der Waals surface area contributed by atoms with Gasteiger partial charge in [-0.2, -0.15) is 0 Å². The molecule has 0 bridgehead atoms. The Morgan fingerprint density at radius 2 is 1.48 bits per heavy atom. The van der Waals surface area contributed by atoms with Crippen molar-refractivity contribution in [1.82, 2.24) is 0 Å². The van der Waals surface area contributed by atoms with E-state index in [1.807, 2.05) is 0 Å². The van der Waals surface area contributed by atoms with E-state index >= 15 is 0 Å². The van der Waals surface area contributed by atoms with Crippen LogP contribution in [0.5, 0.6) is 0 Å². The number of hydrogen-bond donors (Lipinski definition) is 0. The van der Waals surface area contributed by atoms with Crippen LogP contribution in [-0.2, 0) is 18.9 Å². The van der Waals surface area contributed by atoms with E-state index in [4.69, 9.17) is 18.9 Å². The molecule has 0 saturated carbocycles. The molecular weight excluding hydrogens is 292 g/mol. The van der Waals surface area contributed by atoms with Gasteiger partial charge in [0.15, 0.2) is 11.6 Å². The van der Waals surface area contributed by atoms with Crippen LogP contribution in [-0.4, -0.2) is 36.5 Å². The zero-order valence-electron chi connectivity index (χ0n) is 15.9. The summed E-state index contributed by atoms with van der Waals surface area (Å²) in [5.74, 6) is -0.348. The SMILES string of the molecule is CCC1OC(CC)(CC)OC1C(C)CC1COC(CC)(CC)O1. The summed E-state index contributed by atoms with van der Waals surface area (Å²) in [6.07, 6.45) is 6.10. The molecule has 0 spiro atoms. The molecule has 2 aliphatic heterocycles. The minimum absolute atomic E-state index is 0.154. The van der Waals surface area contributed by atoms with Crippen molar-refractivity contribution in [3.8, 4) is 0 Å². The van der Waals surface area contributed by atoms with Crippen LogP contribution in [0.15, 0.2) is 0 Å². The molecule has 2 saturated heterocycles. The minimum Gasteiger partial charge on any atom is -0.347 e. The van der Waals surface area contributed by atoms with E-state index in [-0.39, 0.29) is 29.9 Å². The maximum Gasteiger partial charge on any atom is 0.168 e. The molecule has 2 fully saturated rings. The first-order valence-corrected chi connectivity index (χ1v) is 9.64. The summed E-state index contributed by atoms with van der Waals surface area (Å²) in [7, 11) is 0. The van der Waals surface area contributed by atoms with Gasteiger partial charge in [0, 0.05) is 0 Å². The van der Waals surface area contributed by atoms with Crippen molar-refractivity contribution >= 4 is 0 Å². The van der Waals surface area contributed by atoms with E-state index in [2.05, 4.69) is 41.5 Å². The van der Waals surface area contributed by atoms with Crippen LogP contribution >= 0.6 is 0 Å². The Balaban J connectivity index is 1.96. The molecule has 2 aliphatic rings. The first-order chi connectivity index (χ1) is 11.0. The fourth-order valence-corrected chi connectivity index (χ4v) is 3.98. The number of rotatable bonds is 8. The molecule has 0 N–H and O–H groups in total. The summed E-state index contributed by atoms with van der Waals surface area (Å²) in [5.41, 5.74) is 0. The van der Waals surface area contributed by atoms with Crippen molar-refractivity contribution in [1.29, 1.82) is 0 Å². The normalized spacial score (nSPS) is 33.9. The van der Waals surface area contributed by atoms with Crippen molar-refractivity contribution in [2.45, 2.75) is 110 Å². The molecule has 0 aromatic heterocycles. The van der Waals surface area contributed by atoms with E-state index in [0.29, 0.717) is 12.5 Å². The van der Waals surface area contributed by atoms with E-state index in [0.717, 1.165) is 38.5 Å². The van der Waals surface area contributed by atoms with Gasteiger partial charge in [0.1, 0.15) is 0 Å². The number of hydrogen-bond acceptors (Lipinski definition) is 4. The molecule has 0 aliphatic carbocycles. The summed E-state index contributed by atoms with van der Waals surface area (Å²) in [5, 5.41) is 0. The predicted molar refractivity (Wildman–Crippen MR) is 91.3 cm³/mol. The van der Waals surface area contributed by atoms with Crippen molar-refractivity contribution in [2.75, 3.05) is 6.61 Å². The first-order valence-electron chi connectivity index (χ1n) is 9.64. The van der Waals surface area contributed by atoms with Crippen molar-refractivity contribution < 1.29 is 18.9 Å².